The summed E-state index contributed by atoms with van der Waals surface area (Å²) in [5.41, 5.74) is 4.78. The molecule has 4 aromatic rings. The number of aliphatic hydroxyl groups excluding tert-OH is 1. The number of hydrogen-bond donors (Lipinski definition) is 2. The number of aromatic amines is 1. The Balaban J connectivity index is 1.20. The fourth-order valence-electron chi connectivity index (χ4n) is 4.66. The van der Waals surface area contributed by atoms with Crippen LogP contribution in [0.5, 0.6) is 0 Å². The fourth-order valence-corrected chi connectivity index (χ4v) is 4.66. The number of aliphatic hydroxyl groups is 1. The van der Waals surface area contributed by atoms with Gasteiger partial charge in [-0.15, -0.1) is 10.2 Å². The molecule has 5 rings (SSSR count). The molecule has 1 unspecified atom stereocenters. The minimum atomic E-state index is 0.196. The van der Waals surface area contributed by atoms with Crippen LogP contribution in [-0.4, -0.2) is 74.0 Å². The summed E-state index contributed by atoms with van der Waals surface area (Å²) in [5, 5.41) is 19.1. The Morgan fingerprint density at radius 2 is 1.69 bits per heavy atom. The predicted molar refractivity (Wildman–Crippen MR) is 126 cm³/mol. The highest BCUT2D eigenvalue weighted by atomic mass is 16.3. The third-order valence-corrected chi connectivity index (χ3v) is 6.47. The van der Waals surface area contributed by atoms with Crippen molar-refractivity contribution in [1.82, 2.24) is 29.5 Å². The van der Waals surface area contributed by atoms with Gasteiger partial charge in [0.1, 0.15) is 12.7 Å². The third-order valence-electron chi connectivity index (χ3n) is 6.47. The summed E-state index contributed by atoms with van der Waals surface area (Å²) >= 11 is 0. The first kappa shape index (κ1) is 20.9. The van der Waals surface area contributed by atoms with Crippen molar-refractivity contribution in [3.8, 4) is 5.69 Å². The third kappa shape index (κ3) is 4.75. The highest BCUT2D eigenvalue weighted by molar-refractivity contribution is 5.85. The van der Waals surface area contributed by atoms with Gasteiger partial charge in [-0.1, -0.05) is 30.3 Å². The molecule has 0 bridgehead atoms. The summed E-state index contributed by atoms with van der Waals surface area (Å²) in [6.45, 7) is 6.38. The van der Waals surface area contributed by atoms with Gasteiger partial charge in [-0.2, -0.15) is 0 Å². The van der Waals surface area contributed by atoms with Gasteiger partial charge in [0.2, 0.25) is 0 Å². The SMILES string of the molecule is OCC(Cc1c[nH]c2ccc(-n3cnnc3)cc12)CN1CCN(Cc2ccccc2)CC1. The molecular weight excluding hydrogens is 400 g/mol. The average Bonchev–Trinajstić information content (AvgIpc) is 3.51. The maximum Gasteiger partial charge on any atom is 0.123 e. The Kier molecular flexibility index (Phi) is 6.29. The van der Waals surface area contributed by atoms with E-state index >= 15 is 0 Å². The van der Waals surface area contributed by atoms with Crippen LogP contribution in [0.1, 0.15) is 11.1 Å². The molecule has 7 nitrogen and oxygen atoms in total. The maximum atomic E-state index is 10.1. The second kappa shape index (κ2) is 9.65. The zero-order valence-electron chi connectivity index (χ0n) is 18.3. The van der Waals surface area contributed by atoms with Gasteiger partial charge in [0.15, 0.2) is 0 Å². The summed E-state index contributed by atoms with van der Waals surface area (Å²) in [6.07, 6.45) is 6.36. The van der Waals surface area contributed by atoms with Crippen molar-refractivity contribution >= 4 is 10.9 Å². The quantitative estimate of drug-likeness (QED) is 0.450. The van der Waals surface area contributed by atoms with Gasteiger partial charge in [-0.25, -0.2) is 0 Å². The van der Waals surface area contributed by atoms with Crippen molar-refractivity contribution in [2.75, 3.05) is 39.3 Å². The molecule has 1 aliphatic rings. The number of benzene rings is 2. The zero-order valence-corrected chi connectivity index (χ0v) is 18.3. The first-order valence-electron chi connectivity index (χ1n) is 11.3. The van der Waals surface area contributed by atoms with Crippen molar-refractivity contribution in [2.45, 2.75) is 13.0 Å². The molecule has 1 aliphatic heterocycles. The molecule has 3 heterocycles. The van der Waals surface area contributed by atoms with Gasteiger partial charge in [0.25, 0.3) is 0 Å². The smallest absolute Gasteiger partial charge is 0.123 e. The van der Waals surface area contributed by atoms with Crippen LogP contribution in [0, 0.1) is 5.92 Å². The molecule has 2 aromatic carbocycles. The number of nitrogens with one attached hydrogen (secondary N) is 1. The van der Waals surface area contributed by atoms with Crippen molar-refractivity contribution in [1.29, 1.82) is 0 Å². The zero-order chi connectivity index (χ0) is 21.8. The lowest BCUT2D eigenvalue weighted by Crippen LogP contribution is -2.47. The molecule has 1 saturated heterocycles. The lowest BCUT2D eigenvalue weighted by atomic mass is 9.98. The van der Waals surface area contributed by atoms with E-state index in [0.29, 0.717) is 0 Å². The first-order valence-corrected chi connectivity index (χ1v) is 11.3. The lowest BCUT2D eigenvalue weighted by molar-refractivity contribution is 0.0970. The van der Waals surface area contributed by atoms with Crippen LogP contribution in [-0.2, 0) is 13.0 Å². The molecule has 0 radical (unpaired) electrons. The van der Waals surface area contributed by atoms with E-state index in [9.17, 15) is 5.11 Å². The van der Waals surface area contributed by atoms with Gasteiger partial charge in [-0.3, -0.25) is 9.47 Å². The molecule has 0 aliphatic carbocycles. The molecular formula is C25H30N6O. The van der Waals surface area contributed by atoms with E-state index in [2.05, 4.69) is 79.7 Å². The molecule has 0 saturated carbocycles. The largest absolute Gasteiger partial charge is 0.396 e. The van der Waals surface area contributed by atoms with Gasteiger partial charge >= 0.3 is 0 Å². The van der Waals surface area contributed by atoms with Gasteiger partial charge < -0.3 is 15.0 Å². The van der Waals surface area contributed by atoms with E-state index in [1.54, 1.807) is 12.7 Å². The normalized spacial score (nSPS) is 16.5. The minimum absolute atomic E-state index is 0.196. The molecule has 2 N–H and O–H groups in total. The molecule has 32 heavy (non-hydrogen) atoms. The predicted octanol–water partition coefficient (Wildman–Crippen LogP) is 2.72. The highest BCUT2D eigenvalue weighted by Crippen LogP contribution is 2.24. The Labute approximate surface area is 188 Å². The Morgan fingerprint density at radius 1 is 0.938 bits per heavy atom. The summed E-state index contributed by atoms with van der Waals surface area (Å²) in [4.78, 5) is 8.40. The van der Waals surface area contributed by atoms with E-state index in [0.717, 1.165) is 56.9 Å². The Hall–Kier alpha value is -3.00. The second-order valence-electron chi connectivity index (χ2n) is 8.73. The van der Waals surface area contributed by atoms with Crippen LogP contribution in [0.4, 0.5) is 0 Å². The monoisotopic (exact) mass is 430 g/mol. The molecule has 1 fully saturated rings. The minimum Gasteiger partial charge on any atom is -0.396 e. The van der Waals surface area contributed by atoms with E-state index in [1.807, 2.05) is 4.57 Å². The summed E-state index contributed by atoms with van der Waals surface area (Å²) in [6, 6.07) is 17.0. The van der Waals surface area contributed by atoms with E-state index in [4.69, 9.17) is 0 Å². The topological polar surface area (TPSA) is 73.2 Å². The average molecular weight is 431 g/mol. The van der Waals surface area contributed by atoms with Crippen LogP contribution in [0.15, 0.2) is 67.4 Å². The van der Waals surface area contributed by atoms with Crippen LogP contribution in [0.25, 0.3) is 16.6 Å². The summed E-state index contributed by atoms with van der Waals surface area (Å²) < 4.78 is 1.91. The standard InChI is InChI=1S/C25H30N6O/c32-17-21(16-30-10-8-29(9-11-30)15-20-4-2-1-3-5-20)12-22-14-26-25-7-6-23(13-24(22)25)31-18-27-28-19-31/h1-7,13-14,18-19,21,26,32H,8-12,15-17H2. The molecule has 1 atom stereocenters. The molecule has 7 heteroatoms. The fraction of sp³-hybridized carbons (Fsp3) is 0.360. The molecule has 2 aromatic heterocycles. The molecule has 0 spiro atoms. The summed E-state index contributed by atoms with van der Waals surface area (Å²) in [7, 11) is 0. The van der Waals surface area contributed by atoms with Crippen LogP contribution >= 0.6 is 0 Å². The first-order chi connectivity index (χ1) is 15.8. The Morgan fingerprint density at radius 3 is 2.44 bits per heavy atom. The van der Waals surface area contributed by atoms with E-state index < -0.39 is 0 Å². The van der Waals surface area contributed by atoms with Crippen molar-refractivity contribution < 1.29 is 5.11 Å². The lowest BCUT2D eigenvalue weighted by Gasteiger charge is -2.36. The number of nitrogens with zero attached hydrogens (tertiary/aromatic N) is 5. The van der Waals surface area contributed by atoms with E-state index in [-0.39, 0.29) is 12.5 Å². The highest BCUT2D eigenvalue weighted by Gasteiger charge is 2.21. The number of rotatable bonds is 8. The van der Waals surface area contributed by atoms with E-state index in [1.165, 1.54) is 16.5 Å². The second-order valence-corrected chi connectivity index (χ2v) is 8.73. The van der Waals surface area contributed by atoms with Crippen molar-refractivity contribution in [3.05, 3.63) is 78.5 Å². The maximum absolute atomic E-state index is 10.1. The number of fused-ring (bicyclic) bond motifs is 1. The van der Waals surface area contributed by atoms with Crippen LogP contribution in [0.3, 0.4) is 0 Å². The Bertz CT molecular complexity index is 1120. The summed E-state index contributed by atoms with van der Waals surface area (Å²) in [5.74, 6) is 0.216. The van der Waals surface area contributed by atoms with Crippen LogP contribution in [0.2, 0.25) is 0 Å². The molecule has 166 valence electrons. The van der Waals surface area contributed by atoms with Gasteiger partial charge in [0.05, 0.1) is 0 Å². The number of aromatic nitrogens is 4. The van der Waals surface area contributed by atoms with Crippen molar-refractivity contribution in [3.63, 3.8) is 0 Å². The van der Waals surface area contributed by atoms with Crippen LogP contribution < -0.4 is 0 Å². The van der Waals surface area contributed by atoms with Gasteiger partial charge in [0, 0.05) is 68.7 Å². The number of hydrogen-bond acceptors (Lipinski definition) is 5. The number of H-pyrrole nitrogens is 1. The number of piperazine rings is 1. The van der Waals surface area contributed by atoms with Crippen molar-refractivity contribution in [2.24, 2.45) is 5.92 Å². The molecule has 0 amide bonds. The van der Waals surface area contributed by atoms with Gasteiger partial charge in [-0.05, 0) is 41.7 Å².